The highest BCUT2D eigenvalue weighted by molar-refractivity contribution is 6.30. The van der Waals surface area contributed by atoms with Gasteiger partial charge in [-0.2, -0.15) is 5.10 Å². The van der Waals surface area contributed by atoms with Crippen molar-refractivity contribution in [3.8, 4) is 5.69 Å². The molecule has 0 aliphatic rings. The Hall–Kier alpha value is -2.01. The fourth-order valence-electron chi connectivity index (χ4n) is 1.87. The van der Waals surface area contributed by atoms with Gasteiger partial charge in [0.2, 0.25) is 0 Å². The van der Waals surface area contributed by atoms with E-state index in [1.54, 1.807) is 28.9 Å². The van der Waals surface area contributed by atoms with Crippen LogP contribution in [0.4, 0.5) is 10.6 Å². The molecule has 5 nitrogen and oxygen atoms in total. The predicted octanol–water partition coefficient (Wildman–Crippen LogP) is 3.94. The Morgan fingerprint density at radius 1 is 1.33 bits per heavy atom. The SMILES string of the molecule is CN(C(=O)O)c1cc(C(C)(C)C)nn1-c1cccc(Cl)c1. The molecule has 0 saturated heterocycles. The van der Waals surface area contributed by atoms with E-state index in [1.165, 1.54) is 7.05 Å². The highest BCUT2D eigenvalue weighted by Crippen LogP contribution is 2.28. The highest BCUT2D eigenvalue weighted by Gasteiger charge is 2.24. The van der Waals surface area contributed by atoms with Gasteiger partial charge in [-0.3, -0.25) is 4.90 Å². The first-order valence-corrected chi connectivity index (χ1v) is 6.91. The van der Waals surface area contributed by atoms with E-state index in [9.17, 15) is 9.90 Å². The number of rotatable bonds is 2. The average Bonchev–Trinajstić information content (AvgIpc) is 2.82. The number of hydrogen-bond donors (Lipinski definition) is 1. The van der Waals surface area contributed by atoms with Gasteiger partial charge >= 0.3 is 6.09 Å². The lowest BCUT2D eigenvalue weighted by Gasteiger charge is -2.14. The molecular weight excluding hydrogens is 290 g/mol. The molecule has 1 aromatic heterocycles. The zero-order valence-corrected chi connectivity index (χ0v) is 13.2. The molecular formula is C15H18ClN3O2. The number of aromatic nitrogens is 2. The average molecular weight is 308 g/mol. The Kier molecular flexibility index (Phi) is 3.96. The van der Waals surface area contributed by atoms with Gasteiger partial charge < -0.3 is 5.11 Å². The lowest BCUT2D eigenvalue weighted by atomic mass is 9.92. The lowest BCUT2D eigenvalue weighted by molar-refractivity contribution is 0.203. The number of benzene rings is 1. The van der Waals surface area contributed by atoms with Crippen molar-refractivity contribution in [2.75, 3.05) is 11.9 Å². The summed E-state index contributed by atoms with van der Waals surface area (Å²) < 4.78 is 1.60. The molecule has 0 spiro atoms. The van der Waals surface area contributed by atoms with E-state index < -0.39 is 6.09 Å². The molecule has 2 aromatic rings. The molecule has 1 aromatic carbocycles. The van der Waals surface area contributed by atoms with Crippen LogP contribution < -0.4 is 4.90 Å². The molecule has 1 heterocycles. The number of carbonyl (C=O) groups is 1. The fraction of sp³-hybridized carbons (Fsp3) is 0.333. The van der Waals surface area contributed by atoms with Gasteiger partial charge in [-0.05, 0) is 18.2 Å². The zero-order valence-electron chi connectivity index (χ0n) is 12.5. The number of amides is 1. The number of hydrogen-bond acceptors (Lipinski definition) is 2. The third-order valence-electron chi connectivity index (χ3n) is 3.14. The van der Waals surface area contributed by atoms with Gasteiger partial charge in [0.25, 0.3) is 0 Å². The fourth-order valence-corrected chi connectivity index (χ4v) is 2.06. The van der Waals surface area contributed by atoms with E-state index in [-0.39, 0.29) is 5.41 Å². The summed E-state index contributed by atoms with van der Waals surface area (Å²) in [4.78, 5) is 12.4. The van der Waals surface area contributed by atoms with Crippen LogP contribution in [0.25, 0.3) is 5.69 Å². The Morgan fingerprint density at radius 2 is 2.00 bits per heavy atom. The minimum absolute atomic E-state index is 0.183. The van der Waals surface area contributed by atoms with E-state index in [4.69, 9.17) is 11.6 Å². The van der Waals surface area contributed by atoms with Gasteiger partial charge in [0, 0.05) is 23.6 Å². The largest absolute Gasteiger partial charge is 0.465 e. The maximum absolute atomic E-state index is 11.3. The van der Waals surface area contributed by atoms with Crippen LogP contribution in [0.15, 0.2) is 30.3 Å². The van der Waals surface area contributed by atoms with E-state index in [2.05, 4.69) is 5.10 Å². The summed E-state index contributed by atoms with van der Waals surface area (Å²) in [6.07, 6.45) is -1.04. The van der Waals surface area contributed by atoms with E-state index in [1.807, 2.05) is 26.8 Å². The number of carboxylic acid groups (broad SMARTS) is 1. The van der Waals surface area contributed by atoms with Crippen LogP contribution >= 0.6 is 11.6 Å². The molecule has 2 rings (SSSR count). The monoisotopic (exact) mass is 307 g/mol. The van der Waals surface area contributed by atoms with Gasteiger partial charge in [0.05, 0.1) is 11.4 Å². The van der Waals surface area contributed by atoms with Crippen LogP contribution in [0, 0.1) is 0 Å². The second kappa shape index (κ2) is 5.41. The molecule has 0 radical (unpaired) electrons. The van der Waals surface area contributed by atoms with Crippen LogP contribution in [0.2, 0.25) is 5.02 Å². The summed E-state index contributed by atoms with van der Waals surface area (Å²) in [7, 11) is 1.49. The van der Waals surface area contributed by atoms with Gasteiger partial charge in [-0.1, -0.05) is 38.4 Å². The quantitative estimate of drug-likeness (QED) is 0.914. The first-order chi connectivity index (χ1) is 9.70. The molecule has 0 fully saturated rings. The summed E-state index contributed by atoms with van der Waals surface area (Å²) in [6.45, 7) is 6.09. The summed E-state index contributed by atoms with van der Waals surface area (Å²) >= 11 is 6.01. The number of anilines is 1. The highest BCUT2D eigenvalue weighted by atomic mass is 35.5. The van der Waals surface area contributed by atoms with Crippen LogP contribution in [-0.4, -0.2) is 28.0 Å². The smallest absolute Gasteiger partial charge is 0.412 e. The predicted molar refractivity (Wildman–Crippen MR) is 83.7 cm³/mol. The van der Waals surface area contributed by atoms with E-state index in [0.717, 1.165) is 16.3 Å². The number of halogens is 1. The summed E-state index contributed by atoms with van der Waals surface area (Å²) in [5.74, 6) is 0.481. The van der Waals surface area contributed by atoms with Crippen LogP contribution in [0.1, 0.15) is 26.5 Å². The first kappa shape index (κ1) is 15.4. The van der Waals surface area contributed by atoms with Crippen molar-refractivity contribution < 1.29 is 9.90 Å². The third-order valence-corrected chi connectivity index (χ3v) is 3.38. The normalized spacial score (nSPS) is 11.5. The molecule has 0 atom stereocenters. The third kappa shape index (κ3) is 3.19. The standard InChI is InChI=1S/C15H18ClN3O2/c1-15(2,3)12-9-13(18(4)14(20)21)19(17-12)11-7-5-6-10(16)8-11/h5-9H,1-4H3,(H,20,21). The molecule has 1 amide bonds. The van der Waals surface area contributed by atoms with Gasteiger partial charge in [0.1, 0.15) is 5.82 Å². The molecule has 0 saturated carbocycles. The maximum Gasteiger partial charge on any atom is 0.412 e. The van der Waals surface area contributed by atoms with Crippen molar-refractivity contribution in [3.05, 3.63) is 41.0 Å². The van der Waals surface area contributed by atoms with Crippen molar-refractivity contribution in [2.24, 2.45) is 0 Å². The Morgan fingerprint density at radius 3 is 2.52 bits per heavy atom. The first-order valence-electron chi connectivity index (χ1n) is 6.53. The van der Waals surface area contributed by atoms with Crippen molar-refractivity contribution in [1.29, 1.82) is 0 Å². The Bertz CT molecular complexity index is 674. The Balaban J connectivity index is 2.63. The molecule has 0 bridgehead atoms. The Labute approximate surface area is 128 Å². The zero-order chi connectivity index (χ0) is 15.8. The minimum Gasteiger partial charge on any atom is -0.465 e. The van der Waals surface area contributed by atoms with Crippen molar-refractivity contribution in [1.82, 2.24) is 9.78 Å². The van der Waals surface area contributed by atoms with Crippen LogP contribution in [-0.2, 0) is 5.41 Å². The minimum atomic E-state index is -1.04. The molecule has 1 N–H and O–H groups in total. The van der Waals surface area contributed by atoms with Crippen LogP contribution in [0.3, 0.4) is 0 Å². The van der Waals surface area contributed by atoms with Crippen molar-refractivity contribution >= 4 is 23.5 Å². The number of nitrogens with zero attached hydrogens (tertiary/aromatic N) is 3. The molecule has 6 heteroatoms. The lowest BCUT2D eigenvalue weighted by Crippen LogP contribution is -2.26. The van der Waals surface area contributed by atoms with Gasteiger partial charge in [-0.25, -0.2) is 9.48 Å². The summed E-state index contributed by atoms with van der Waals surface area (Å²) in [6, 6.07) is 8.94. The molecule has 0 unspecified atom stereocenters. The van der Waals surface area contributed by atoms with Crippen LogP contribution in [0.5, 0.6) is 0 Å². The van der Waals surface area contributed by atoms with E-state index in [0.29, 0.717) is 10.8 Å². The van der Waals surface area contributed by atoms with Crippen molar-refractivity contribution in [2.45, 2.75) is 26.2 Å². The molecule has 0 aliphatic heterocycles. The second-order valence-electron chi connectivity index (χ2n) is 5.87. The second-order valence-corrected chi connectivity index (χ2v) is 6.31. The van der Waals surface area contributed by atoms with Gasteiger partial charge in [-0.15, -0.1) is 0 Å². The summed E-state index contributed by atoms with van der Waals surface area (Å²) in [5.41, 5.74) is 1.35. The topological polar surface area (TPSA) is 58.4 Å². The molecule has 112 valence electrons. The maximum atomic E-state index is 11.3. The van der Waals surface area contributed by atoms with Crippen molar-refractivity contribution in [3.63, 3.8) is 0 Å². The van der Waals surface area contributed by atoms with E-state index >= 15 is 0 Å². The molecule has 0 aliphatic carbocycles. The molecule has 21 heavy (non-hydrogen) atoms. The van der Waals surface area contributed by atoms with Gasteiger partial charge in [0.15, 0.2) is 0 Å². The summed E-state index contributed by atoms with van der Waals surface area (Å²) in [5, 5.41) is 14.4.